The van der Waals surface area contributed by atoms with Gasteiger partial charge >= 0.3 is 0 Å². The van der Waals surface area contributed by atoms with Gasteiger partial charge in [-0.1, -0.05) is 41.4 Å². The first-order chi connectivity index (χ1) is 9.69. The van der Waals surface area contributed by atoms with Gasteiger partial charge in [-0.2, -0.15) is 0 Å². The highest BCUT2D eigenvalue weighted by Gasteiger charge is 2.02. The molecule has 0 aliphatic heterocycles. The van der Waals surface area contributed by atoms with E-state index in [0.717, 1.165) is 30.3 Å². The van der Waals surface area contributed by atoms with Gasteiger partial charge in [-0.05, 0) is 43.7 Å². The minimum Gasteiger partial charge on any atom is -0.496 e. The first-order valence-electron chi connectivity index (χ1n) is 6.77. The van der Waals surface area contributed by atoms with E-state index in [-0.39, 0.29) is 0 Å². The zero-order valence-electron chi connectivity index (χ0n) is 11.9. The highest BCUT2D eigenvalue weighted by atomic mass is 35.5. The Labute approximate surface area is 125 Å². The van der Waals surface area contributed by atoms with Crippen LogP contribution in [0.1, 0.15) is 16.7 Å². The second kappa shape index (κ2) is 7.32. The fraction of sp³-hybridized carbons (Fsp3) is 0.294. The third kappa shape index (κ3) is 4.26. The maximum Gasteiger partial charge on any atom is 0.123 e. The molecule has 0 saturated heterocycles. The van der Waals surface area contributed by atoms with Gasteiger partial charge in [-0.3, -0.25) is 0 Å². The Bertz CT molecular complexity index is 551. The average molecular weight is 290 g/mol. The molecule has 0 spiro atoms. The first kappa shape index (κ1) is 14.9. The number of aryl methyl sites for hydroxylation is 1. The minimum absolute atomic E-state index is 0.784. The van der Waals surface area contributed by atoms with Crippen LogP contribution in [0.4, 0.5) is 0 Å². The van der Waals surface area contributed by atoms with Crippen molar-refractivity contribution < 1.29 is 4.74 Å². The summed E-state index contributed by atoms with van der Waals surface area (Å²) in [6.45, 7) is 3.84. The smallest absolute Gasteiger partial charge is 0.123 e. The molecular weight excluding hydrogens is 270 g/mol. The molecule has 106 valence electrons. The molecule has 0 bridgehead atoms. The molecule has 3 heteroatoms. The zero-order chi connectivity index (χ0) is 14.4. The molecule has 0 fully saturated rings. The van der Waals surface area contributed by atoms with Crippen molar-refractivity contribution in [2.24, 2.45) is 0 Å². The molecule has 2 rings (SSSR count). The molecule has 0 heterocycles. The summed E-state index contributed by atoms with van der Waals surface area (Å²) in [7, 11) is 1.71. The molecule has 2 aromatic carbocycles. The molecule has 2 aromatic rings. The van der Waals surface area contributed by atoms with Gasteiger partial charge in [0.1, 0.15) is 5.75 Å². The number of benzene rings is 2. The van der Waals surface area contributed by atoms with Gasteiger partial charge in [0, 0.05) is 17.1 Å². The van der Waals surface area contributed by atoms with Crippen LogP contribution in [0.25, 0.3) is 0 Å². The van der Waals surface area contributed by atoms with Crippen molar-refractivity contribution in [3.05, 3.63) is 64.2 Å². The summed E-state index contributed by atoms with van der Waals surface area (Å²) in [5.74, 6) is 0.939. The van der Waals surface area contributed by atoms with E-state index in [9.17, 15) is 0 Å². The molecule has 0 atom stereocenters. The monoisotopic (exact) mass is 289 g/mol. The van der Waals surface area contributed by atoms with Gasteiger partial charge in [0.05, 0.1) is 7.11 Å². The van der Waals surface area contributed by atoms with E-state index in [2.05, 4.69) is 36.5 Å². The summed E-state index contributed by atoms with van der Waals surface area (Å²) in [5.41, 5.74) is 3.74. The van der Waals surface area contributed by atoms with Crippen LogP contribution >= 0.6 is 11.6 Å². The third-order valence-corrected chi connectivity index (χ3v) is 3.51. The summed E-state index contributed by atoms with van der Waals surface area (Å²) in [4.78, 5) is 0. The lowest BCUT2D eigenvalue weighted by Crippen LogP contribution is -2.17. The van der Waals surface area contributed by atoms with Gasteiger partial charge in [0.25, 0.3) is 0 Å². The second-order valence-corrected chi connectivity index (χ2v) is 5.30. The van der Waals surface area contributed by atoms with E-state index in [1.807, 2.05) is 18.2 Å². The quantitative estimate of drug-likeness (QED) is 0.812. The lowest BCUT2D eigenvalue weighted by atomic mass is 10.1. The van der Waals surface area contributed by atoms with E-state index in [4.69, 9.17) is 16.3 Å². The van der Waals surface area contributed by atoms with Crippen LogP contribution in [-0.2, 0) is 13.0 Å². The summed E-state index contributed by atoms with van der Waals surface area (Å²) in [6.07, 6.45) is 0.991. The minimum atomic E-state index is 0.784. The lowest BCUT2D eigenvalue weighted by molar-refractivity contribution is 0.407. The van der Waals surface area contributed by atoms with E-state index in [1.165, 1.54) is 16.7 Å². The predicted octanol–water partition coefficient (Wildman–Crippen LogP) is 3.99. The van der Waals surface area contributed by atoms with Crippen molar-refractivity contribution in [3.8, 4) is 5.75 Å². The van der Waals surface area contributed by atoms with Crippen LogP contribution in [-0.4, -0.2) is 13.7 Å². The number of hydrogen-bond donors (Lipinski definition) is 1. The summed E-state index contributed by atoms with van der Waals surface area (Å²) in [6, 6.07) is 14.2. The van der Waals surface area contributed by atoms with E-state index in [1.54, 1.807) is 7.11 Å². The lowest BCUT2D eigenvalue weighted by Gasteiger charge is -2.10. The Balaban J connectivity index is 1.84. The summed E-state index contributed by atoms with van der Waals surface area (Å²) in [5, 5.41) is 4.24. The van der Waals surface area contributed by atoms with E-state index >= 15 is 0 Å². The molecule has 0 amide bonds. The fourth-order valence-corrected chi connectivity index (χ4v) is 2.28. The van der Waals surface area contributed by atoms with Crippen LogP contribution in [0.15, 0.2) is 42.5 Å². The van der Waals surface area contributed by atoms with Gasteiger partial charge in [0.15, 0.2) is 0 Å². The van der Waals surface area contributed by atoms with Crippen molar-refractivity contribution in [1.29, 1.82) is 0 Å². The van der Waals surface area contributed by atoms with Crippen molar-refractivity contribution >= 4 is 11.6 Å². The molecule has 0 radical (unpaired) electrons. The predicted molar refractivity (Wildman–Crippen MR) is 84.6 cm³/mol. The van der Waals surface area contributed by atoms with Crippen LogP contribution in [0.3, 0.4) is 0 Å². The number of ether oxygens (including phenoxy) is 1. The molecule has 0 aliphatic rings. The van der Waals surface area contributed by atoms with Gasteiger partial charge in [0.2, 0.25) is 0 Å². The first-order valence-corrected chi connectivity index (χ1v) is 7.15. The standard InChI is InChI=1S/C17H20ClNO/c1-13-3-8-17(20-2)15(11-13)12-19-10-9-14-4-6-16(18)7-5-14/h3-8,11,19H,9-10,12H2,1-2H3. The van der Waals surface area contributed by atoms with Crippen LogP contribution in [0.5, 0.6) is 5.75 Å². The topological polar surface area (TPSA) is 21.3 Å². The van der Waals surface area contributed by atoms with Gasteiger partial charge in [-0.15, -0.1) is 0 Å². The molecule has 0 aromatic heterocycles. The number of halogens is 1. The number of rotatable bonds is 6. The maximum atomic E-state index is 5.87. The molecule has 0 unspecified atom stereocenters. The SMILES string of the molecule is COc1ccc(C)cc1CNCCc1ccc(Cl)cc1. The van der Waals surface area contributed by atoms with Crippen molar-refractivity contribution in [2.75, 3.05) is 13.7 Å². The van der Waals surface area contributed by atoms with Crippen LogP contribution in [0, 0.1) is 6.92 Å². The number of methoxy groups -OCH3 is 1. The second-order valence-electron chi connectivity index (χ2n) is 4.87. The maximum absolute atomic E-state index is 5.87. The van der Waals surface area contributed by atoms with Crippen LogP contribution < -0.4 is 10.1 Å². The Kier molecular flexibility index (Phi) is 5.45. The van der Waals surface area contributed by atoms with Gasteiger partial charge < -0.3 is 10.1 Å². The highest BCUT2D eigenvalue weighted by Crippen LogP contribution is 2.19. The van der Waals surface area contributed by atoms with Crippen molar-refractivity contribution in [2.45, 2.75) is 19.9 Å². The zero-order valence-corrected chi connectivity index (χ0v) is 12.7. The Morgan fingerprint density at radius 1 is 1.10 bits per heavy atom. The highest BCUT2D eigenvalue weighted by molar-refractivity contribution is 6.30. The normalized spacial score (nSPS) is 10.6. The average Bonchev–Trinajstić information content (AvgIpc) is 2.46. The van der Waals surface area contributed by atoms with Crippen molar-refractivity contribution in [1.82, 2.24) is 5.32 Å². The fourth-order valence-electron chi connectivity index (χ4n) is 2.15. The largest absolute Gasteiger partial charge is 0.496 e. The summed E-state index contributed by atoms with van der Waals surface area (Å²) >= 11 is 5.87. The van der Waals surface area contributed by atoms with E-state index < -0.39 is 0 Å². The van der Waals surface area contributed by atoms with E-state index in [0.29, 0.717) is 0 Å². The third-order valence-electron chi connectivity index (χ3n) is 3.26. The molecule has 1 N–H and O–H groups in total. The molecule has 0 aliphatic carbocycles. The number of hydrogen-bond acceptors (Lipinski definition) is 2. The van der Waals surface area contributed by atoms with Crippen molar-refractivity contribution in [3.63, 3.8) is 0 Å². The number of nitrogens with one attached hydrogen (secondary N) is 1. The molecule has 0 saturated carbocycles. The Morgan fingerprint density at radius 3 is 2.55 bits per heavy atom. The Morgan fingerprint density at radius 2 is 1.85 bits per heavy atom. The molecule has 20 heavy (non-hydrogen) atoms. The van der Waals surface area contributed by atoms with Crippen LogP contribution in [0.2, 0.25) is 5.02 Å². The summed E-state index contributed by atoms with van der Waals surface area (Å²) < 4.78 is 5.37. The Hall–Kier alpha value is -1.51. The molecule has 2 nitrogen and oxygen atoms in total. The molecular formula is C17H20ClNO. The van der Waals surface area contributed by atoms with Gasteiger partial charge in [-0.25, -0.2) is 0 Å².